The van der Waals surface area contributed by atoms with Gasteiger partial charge in [-0.05, 0) is 42.0 Å². The summed E-state index contributed by atoms with van der Waals surface area (Å²) in [6.45, 7) is 0. The first kappa shape index (κ1) is 13.9. The van der Waals surface area contributed by atoms with Crippen LogP contribution >= 0.6 is 11.6 Å². The van der Waals surface area contributed by atoms with Gasteiger partial charge in [0.2, 0.25) is 0 Å². The molecule has 3 aromatic rings. The zero-order chi connectivity index (χ0) is 14.5. The number of aryl methyl sites for hydroxylation is 1. The quantitative estimate of drug-likeness (QED) is 0.659. The van der Waals surface area contributed by atoms with Crippen molar-refractivity contribution in [2.24, 2.45) is 0 Å². The maximum Gasteiger partial charge on any atom is 0.138 e. The maximum atomic E-state index is 5.76. The molecule has 0 fully saturated rings. The molecule has 3 rings (SSSR count). The van der Waals surface area contributed by atoms with Crippen molar-refractivity contribution in [2.75, 3.05) is 11.2 Å². The summed E-state index contributed by atoms with van der Waals surface area (Å²) in [5, 5.41) is 5.74. The Kier molecular flexibility index (Phi) is 4.37. The van der Waals surface area contributed by atoms with Gasteiger partial charge in [-0.1, -0.05) is 36.4 Å². The third-order valence-corrected chi connectivity index (χ3v) is 3.73. The fourth-order valence-corrected chi connectivity index (χ4v) is 2.57. The Labute approximate surface area is 129 Å². The standard InChI is InChI=1S/C18H17ClN2/c19-11-4-6-14-5-3-8-16(13-14)21-18-17-9-2-1-7-15(17)10-12-20-18/h1-3,5,7-10,12-13H,4,6,11H2,(H,20,21). The molecule has 21 heavy (non-hydrogen) atoms. The van der Waals surface area contributed by atoms with Crippen molar-refractivity contribution in [1.29, 1.82) is 0 Å². The number of nitrogens with zero attached hydrogens (tertiary/aromatic N) is 1. The van der Waals surface area contributed by atoms with Crippen LogP contribution in [0.5, 0.6) is 0 Å². The second-order valence-electron chi connectivity index (χ2n) is 5.00. The first-order valence-corrected chi connectivity index (χ1v) is 7.66. The first-order valence-electron chi connectivity index (χ1n) is 7.12. The molecule has 1 N–H and O–H groups in total. The highest BCUT2D eigenvalue weighted by Gasteiger charge is 2.03. The van der Waals surface area contributed by atoms with Gasteiger partial charge in [-0.3, -0.25) is 0 Å². The van der Waals surface area contributed by atoms with E-state index in [0.717, 1.165) is 29.7 Å². The number of anilines is 2. The molecule has 1 aromatic heterocycles. The number of hydrogen-bond donors (Lipinski definition) is 1. The molecular weight excluding hydrogens is 280 g/mol. The monoisotopic (exact) mass is 296 g/mol. The fourth-order valence-electron chi connectivity index (χ4n) is 2.43. The van der Waals surface area contributed by atoms with Crippen LogP contribution in [0.25, 0.3) is 10.8 Å². The van der Waals surface area contributed by atoms with E-state index in [4.69, 9.17) is 11.6 Å². The lowest BCUT2D eigenvalue weighted by Crippen LogP contribution is -1.95. The van der Waals surface area contributed by atoms with Gasteiger partial charge in [0.05, 0.1) is 0 Å². The number of rotatable bonds is 5. The number of nitrogens with one attached hydrogen (secondary N) is 1. The average molecular weight is 297 g/mol. The van der Waals surface area contributed by atoms with Crippen molar-refractivity contribution in [2.45, 2.75) is 12.8 Å². The molecule has 0 radical (unpaired) electrons. The minimum Gasteiger partial charge on any atom is -0.340 e. The van der Waals surface area contributed by atoms with E-state index in [1.54, 1.807) is 0 Å². The average Bonchev–Trinajstić information content (AvgIpc) is 2.54. The van der Waals surface area contributed by atoms with E-state index in [-0.39, 0.29) is 0 Å². The Morgan fingerprint density at radius 2 is 1.90 bits per heavy atom. The SMILES string of the molecule is ClCCCc1cccc(Nc2nccc3ccccc23)c1. The van der Waals surface area contributed by atoms with Crippen LogP contribution in [0.15, 0.2) is 60.8 Å². The maximum absolute atomic E-state index is 5.76. The highest BCUT2D eigenvalue weighted by molar-refractivity contribution is 6.17. The van der Waals surface area contributed by atoms with E-state index in [1.165, 1.54) is 10.9 Å². The van der Waals surface area contributed by atoms with Gasteiger partial charge in [0.15, 0.2) is 0 Å². The summed E-state index contributed by atoms with van der Waals surface area (Å²) in [5.74, 6) is 1.59. The Morgan fingerprint density at radius 1 is 1.00 bits per heavy atom. The Hall–Kier alpha value is -2.06. The minimum absolute atomic E-state index is 0.697. The summed E-state index contributed by atoms with van der Waals surface area (Å²) in [6.07, 6.45) is 3.83. The topological polar surface area (TPSA) is 24.9 Å². The Morgan fingerprint density at radius 3 is 2.81 bits per heavy atom. The fraction of sp³-hybridized carbons (Fsp3) is 0.167. The summed E-state index contributed by atoms with van der Waals surface area (Å²) in [5.41, 5.74) is 2.35. The number of benzene rings is 2. The Bertz CT molecular complexity index is 735. The molecule has 0 aliphatic heterocycles. The number of aromatic nitrogens is 1. The molecule has 0 amide bonds. The molecule has 0 atom stereocenters. The molecule has 3 heteroatoms. The van der Waals surface area contributed by atoms with Crippen molar-refractivity contribution in [3.8, 4) is 0 Å². The molecule has 1 heterocycles. The summed E-state index contributed by atoms with van der Waals surface area (Å²) in [7, 11) is 0. The third-order valence-electron chi connectivity index (χ3n) is 3.46. The summed E-state index contributed by atoms with van der Waals surface area (Å²) in [6, 6.07) is 18.7. The Balaban J connectivity index is 1.88. The smallest absolute Gasteiger partial charge is 0.138 e. The van der Waals surface area contributed by atoms with Gasteiger partial charge in [0.25, 0.3) is 0 Å². The number of halogens is 1. The molecule has 2 nitrogen and oxygen atoms in total. The van der Waals surface area contributed by atoms with Crippen LogP contribution in [-0.2, 0) is 6.42 Å². The van der Waals surface area contributed by atoms with E-state index in [9.17, 15) is 0 Å². The lowest BCUT2D eigenvalue weighted by molar-refractivity contribution is 0.929. The second-order valence-corrected chi connectivity index (χ2v) is 5.38. The lowest BCUT2D eigenvalue weighted by Gasteiger charge is -2.10. The van der Waals surface area contributed by atoms with Crippen molar-refractivity contribution in [3.05, 3.63) is 66.4 Å². The molecule has 0 bridgehead atoms. The van der Waals surface area contributed by atoms with Crippen molar-refractivity contribution < 1.29 is 0 Å². The summed E-state index contributed by atoms with van der Waals surface area (Å²) in [4.78, 5) is 4.46. The number of fused-ring (bicyclic) bond motifs is 1. The van der Waals surface area contributed by atoms with E-state index in [0.29, 0.717) is 5.88 Å². The van der Waals surface area contributed by atoms with Crippen LogP contribution in [0.4, 0.5) is 11.5 Å². The second kappa shape index (κ2) is 6.59. The predicted molar refractivity (Wildman–Crippen MR) is 90.5 cm³/mol. The van der Waals surface area contributed by atoms with Gasteiger partial charge < -0.3 is 5.32 Å². The highest BCUT2D eigenvalue weighted by atomic mass is 35.5. The van der Waals surface area contributed by atoms with E-state index in [1.807, 2.05) is 24.4 Å². The van der Waals surface area contributed by atoms with Gasteiger partial charge in [0, 0.05) is 23.2 Å². The van der Waals surface area contributed by atoms with E-state index >= 15 is 0 Å². The van der Waals surface area contributed by atoms with Crippen LogP contribution in [0.3, 0.4) is 0 Å². The van der Waals surface area contributed by atoms with Crippen LogP contribution in [0, 0.1) is 0 Å². The van der Waals surface area contributed by atoms with Crippen LogP contribution in [0.2, 0.25) is 0 Å². The third kappa shape index (κ3) is 3.34. The van der Waals surface area contributed by atoms with Gasteiger partial charge >= 0.3 is 0 Å². The largest absolute Gasteiger partial charge is 0.340 e. The molecule has 106 valence electrons. The van der Waals surface area contributed by atoms with Gasteiger partial charge in [0.1, 0.15) is 5.82 Å². The summed E-state index contributed by atoms with van der Waals surface area (Å²) >= 11 is 5.76. The summed E-state index contributed by atoms with van der Waals surface area (Å²) < 4.78 is 0. The normalized spacial score (nSPS) is 10.7. The van der Waals surface area contributed by atoms with Crippen molar-refractivity contribution in [3.63, 3.8) is 0 Å². The number of hydrogen-bond acceptors (Lipinski definition) is 2. The predicted octanol–water partition coefficient (Wildman–Crippen LogP) is 5.15. The molecule has 0 saturated heterocycles. The zero-order valence-electron chi connectivity index (χ0n) is 11.7. The van der Waals surface area contributed by atoms with Crippen LogP contribution < -0.4 is 5.32 Å². The molecule has 0 saturated carbocycles. The molecule has 0 aliphatic rings. The zero-order valence-corrected chi connectivity index (χ0v) is 12.5. The molecule has 0 unspecified atom stereocenters. The van der Waals surface area contributed by atoms with Gasteiger partial charge in [-0.25, -0.2) is 4.98 Å². The lowest BCUT2D eigenvalue weighted by atomic mass is 10.1. The minimum atomic E-state index is 0.697. The number of alkyl halides is 1. The van der Waals surface area contributed by atoms with Gasteiger partial charge in [-0.2, -0.15) is 0 Å². The first-order chi connectivity index (χ1) is 10.4. The van der Waals surface area contributed by atoms with Crippen molar-refractivity contribution >= 4 is 33.9 Å². The van der Waals surface area contributed by atoms with Crippen LogP contribution in [-0.4, -0.2) is 10.9 Å². The molecule has 0 aliphatic carbocycles. The molecule has 2 aromatic carbocycles. The van der Waals surface area contributed by atoms with E-state index < -0.39 is 0 Å². The van der Waals surface area contributed by atoms with Gasteiger partial charge in [-0.15, -0.1) is 11.6 Å². The molecular formula is C18H17ClN2. The number of pyridine rings is 1. The van der Waals surface area contributed by atoms with E-state index in [2.05, 4.69) is 46.7 Å². The van der Waals surface area contributed by atoms with Crippen LogP contribution in [0.1, 0.15) is 12.0 Å². The molecule has 0 spiro atoms. The van der Waals surface area contributed by atoms with Crippen molar-refractivity contribution in [1.82, 2.24) is 4.98 Å². The highest BCUT2D eigenvalue weighted by Crippen LogP contribution is 2.24.